The van der Waals surface area contributed by atoms with Crippen LogP contribution in [0.2, 0.25) is 0 Å². The molecule has 37 heavy (non-hydrogen) atoms. The molecule has 1 fully saturated rings. The highest BCUT2D eigenvalue weighted by Crippen LogP contribution is 2.49. The first-order chi connectivity index (χ1) is 18.1. The number of carbonyl (C=O) groups is 1. The molecule has 0 spiro atoms. The topological polar surface area (TPSA) is 68.0 Å². The molecule has 1 aliphatic carbocycles. The van der Waals surface area contributed by atoms with E-state index in [1.54, 1.807) is 0 Å². The molecule has 0 unspecified atom stereocenters. The summed E-state index contributed by atoms with van der Waals surface area (Å²) in [7, 11) is 0. The zero-order chi connectivity index (χ0) is 25.1. The highest BCUT2D eigenvalue weighted by atomic mass is 32.1. The van der Waals surface area contributed by atoms with Crippen LogP contribution in [-0.2, 0) is 13.0 Å². The highest BCUT2D eigenvalue weighted by molar-refractivity contribution is 7.21. The van der Waals surface area contributed by atoms with Gasteiger partial charge in [-0.05, 0) is 85.5 Å². The molecule has 0 saturated heterocycles. The molecule has 4 aromatic heterocycles. The third kappa shape index (κ3) is 3.69. The van der Waals surface area contributed by atoms with E-state index in [0.717, 1.165) is 41.8 Å². The molecule has 5 aromatic rings. The smallest absolute Gasteiger partial charge is 0.345 e. The Morgan fingerprint density at radius 2 is 1.89 bits per heavy atom. The van der Waals surface area contributed by atoms with Gasteiger partial charge >= 0.3 is 5.97 Å². The van der Waals surface area contributed by atoms with E-state index in [1.807, 2.05) is 18.3 Å². The lowest BCUT2D eigenvalue weighted by molar-refractivity contribution is 0.0702. The van der Waals surface area contributed by atoms with Crippen LogP contribution >= 0.6 is 11.3 Å². The summed E-state index contributed by atoms with van der Waals surface area (Å²) >= 11 is 1.47. The average Bonchev–Trinajstić information content (AvgIpc) is 3.41. The predicted octanol–water partition coefficient (Wildman–Crippen LogP) is 7.98. The highest BCUT2D eigenvalue weighted by Gasteiger charge is 2.31. The van der Waals surface area contributed by atoms with Gasteiger partial charge in [0.2, 0.25) is 0 Å². The number of aryl methyl sites for hydroxylation is 3. The number of carboxylic acids is 1. The Kier molecular flexibility index (Phi) is 5.39. The number of benzene rings is 1. The van der Waals surface area contributed by atoms with Gasteiger partial charge in [-0.1, -0.05) is 31.4 Å². The summed E-state index contributed by atoms with van der Waals surface area (Å²) < 4.78 is 3.62. The van der Waals surface area contributed by atoms with Gasteiger partial charge in [-0.3, -0.25) is 4.98 Å². The second-order valence-electron chi connectivity index (χ2n) is 10.6. The zero-order valence-electron chi connectivity index (χ0n) is 21.0. The fraction of sp³-hybridized carbons (Fsp3) is 0.323. The summed E-state index contributed by atoms with van der Waals surface area (Å²) in [6, 6.07) is 14.8. The van der Waals surface area contributed by atoms with Gasteiger partial charge in [-0.15, -0.1) is 11.3 Å². The standard InChI is InChI=1S/C31H29N3O2S/c1-18-13-14-32-25(16-18)24-12-9-21-20-8-5-15-34-26-17-27(31(35)36)37-30(26)28(19-6-3-2-4-7-19)29(34)22(20)10-11-23(21)33-24/h9-14,16-17,19H,2-8,15H2,1H3,(H,35,36). The van der Waals surface area contributed by atoms with E-state index < -0.39 is 5.97 Å². The van der Waals surface area contributed by atoms with Gasteiger partial charge in [-0.2, -0.15) is 0 Å². The molecule has 1 N–H and O–H groups in total. The first kappa shape index (κ1) is 22.7. The number of rotatable bonds is 3. The van der Waals surface area contributed by atoms with Crippen molar-refractivity contribution in [2.24, 2.45) is 0 Å². The number of pyridine rings is 2. The number of aromatic carboxylic acids is 1. The van der Waals surface area contributed by atoms with Gasteiger partial charge in [0.15, 0.2) is 0 Å². The molecule has 0 atom stereocenters. The fourth-order valence-corrected chi connectivity index (χ4v) is 7.66. The number of thiophene rings is 1. The lowest BCUT2D eigenvalue weighted by Gasteiger charge is -2.24. The molecule has 1 aliphatic heterocycles. The Bertz CT molecular complexity index is 1690. The number of aromatic nitrogens is 3. The third-order valence-corrected chi connectivity index (χ3v) is 9.37. The van der Waals surface area contributed by atoms with Crippen LogP contribution in [-0.4, -0.2) is 25.6 Å². The minimum absolute atomic E-state index is 0.446. The van der Waals surface area contributed by atoms with Crippen molar-refractivity contribution in [2.45, 2.75) is 64.3 Å². The van der Waals surface area contributed by atoms with Crippen LogP contribution in [0.5, 0.6) is 0 Å². The third-order valence-electron chi connectivity index (χ3n) is 8.22. The summed E-state index contributed by atoms with van der Waals surface area (Å²) in [5, 5.41) is 11.0. The van der Waals surface area contributed by atoms with Crippen LogP contribution in [0.25, 0.3) is 43.8 Å². The van der Waals surface area contributed by atoms with Crippen LogP contribution in [0.4, 0.5) is 0 Å². The van der Waals surface area contributed by atoms with Crippen molar-refractivity contribution in [3.05, 3.63) is 70.2 Å². The minimum Gasteiger partial charge on any atom is -0.477 e. The maximum atomic E-state index is 11.9. The van der Waals surface area contributed by atoms with E-state index in [0.29, 0.717) is 10.8 Å². The largest absolute Gasteiger partial charge is 0.477 e. The molecule has 0 amide bonds. The van der Waals surface area contributed by atoms with Gasteiger partial charge < -0.3 is 9.67 Å². The second kappa shape index (κ2) is 8.80. The van der Waals surface area contributed by atoms with Crippen molar-refractivity contribution >= 4 is 38.4 Å². The van der Waals surface area contributed by atoms with E-state index in [2.05, 4.69) is 46.8 Å². The summed E-state index contributed by atoms with van der Waals surface area (Å²) in [4.78, 5) is 21.9. The number of carboxylic acid groups (broad SMARTS) is 1. The second-order valence-corrected chi connectivity index (χ2v) is 11.6. The van der Waals surface area contributed by atoms with Crippen molar-refractivity contribution in [1.82, 2.24) is 14.5 Å². The number of fused-ring (bicyclic) bond motifs is 7. The molecule has 0 radical (unpaired) electrons. The average molecular weight is 508 g/mol. The fourth-order valence-electron chi connectivity index (χ4n) is 6.54. The van der Waals surface area contributed by atoms with Gasteiger partial charge in [0.1, 0.15) is 4.88 Å². The number of nitrogens with zero attached hydrogens (tertiary/aromatic N) is 3. The summed E-state index contributed by atoms with van der Waals surface area (Å²) in [5.74, 6) is -0.336. The molecule has 186 valence electrons. The van der Waals surface area contributed by atoms with E-state index in [9.17, 15) is 9.90 Å². The Morgan fingerprint density at radius 1 is 1.03 bits per heavy atom. The van der Waals surface area contributed by atoms with Gasteiger partial charge in [-0.25, -0.2) is 9.78 Å². The van der Waals surface area contributed by atoms with Crippen molar-refractivity contribution in [3.8, 4) is 22.6 Å². The van der Waals surface area contributed by atoms with Gasteiger partial charge in [0.25, 0.3) is 0 Å². The maximum Gasteiger partial charge on any atom is 0.345 e. The maximum absolute atomic E-state index is 11.9. The van der Waals surface area contributed by atoms with Crippen molar-refractivity contribution in [2.75, 3.05) is 0 Å². The monoisotopic (exact) mass is 507 g/mol. The molecule has 5 heterocycles. The molecule has 0 bridgehead atoms. The Hall–Kier alpha value is -3.51. The van der Waals surface area contributed by atoms with Crippen LogP contribution < -0.4 is 0 Å². The molecule has 2 aliphatic rings. The van der Waals surface area contributed by atoms with Crippen LogP contribution in [0, 0.1) is 6.92 Å². The Morgan fingerprint density at radius 3 is 2.70 bits per heavy atom. The minimum atomic E-state index is -0.824. The molecule has 1 saturated carbocycles. The summed E-state index contributed by atoms with van der Waals surface area (Å²) in [6.45, 7) is 2.98. The molecule has 7 rings (SSSR count). The van der Waals surface area contributed by atoms with Crippen molar-refractivity contribution < 1.29 is 9.90 Å². The van der Waals surface area contributed by atoms with Crippen molar-refractivity contribution in [3.63, 3.8) is 0 Å². The first-order valence-electron chi connectivity index (χ1n) is 13.3. The van der Waals surface area contributed by atoms with Gasteiger partial charge in [0.05, 0.1) is 32.8 Å². The van der Waals surface area contributed by atoms with Gasteiger partial charge in [0, 0.05) is 23.7 Å². The van der Waals surface area contributed by atoms with E-state index in [-0.39, 0.29) is 0 Å². The molecular formula is C31H29N3O2S. The van der Waals surface area contributed by atoms with E-state index >= 15 is 0 Å². The Labute approximate surface area is 219 Å². The Balaban J connectivity index is 1.45. The molecule has 6 heteroatoms. The number of hydrogen-bond donors (Lipinski definition) is 1. The van der Waals surface area contributed by atoms with E-state index in [1.165, 1.54) is 81.5 Å². The molecular weight excluding hydrogens is 478 g/mol. The van der Waals surface area contributed by atoms with Crippen molar-refractivity contribution in [1.29, 1.82) is 0 Å². The lowest BCUT2D eigenvalue weighted by Crippen LogP contribution is -2.07. The molecule has 1 aromatic carbocycles. The van der Waals surface area contributed by atoms with Crippen LogP contribution in [0.1, 0.15) is 70.8 Å². The quantitative estimate of drug-likeness (QED) is 0.269. The zero-order valence-corrected chi connectivity index (χ0v) is 21.8. The summed E-state index contributed by atoms with van der Waals surface area (Å²) in [5.41, 5.74) is 10.5. The molecule has 5 nitrogen and oxygen atoms in total. The van der Waals surface area contributed by atoms with Crippen LogP contribution in [0.3, 0.4) is 0 Å². The van der Waals surface area contributed by atoms with E-state index in [4.69, 9.17) is 4.98 Å². The normalized spacial score (nSPS) is 16.0. The predicted molar refractivity (Wildman–Crippen MR) is 150 cm³/mol. The first-order valence-corrected chi connectivity index (χ1v) is 14.2. The lowest BCUT2D eigenvalue weighted by atomic mass is 9.82. The van der Waals surface area contributed by atoms with Crippen LogP contribution in [0.15, 0.2) is 48.7 Å². The summed E-state index contributed by atoms with van der Waals surface area (Å²) in [6.07, 6.45) is 10.0. The SMILES string of the molecule is Cc1ccnc(-c2ccc3c4c(ccc3n2)-c2c(C3CCCCC3)c3sc(C(=O)O)cc3n2CCC4)c1. The number of hydrogen-bond acceptors (Lipinski definition) is 4.